The van der Waals surface area contributed by atoms with Gasteiger partial charge in [0.15, 0.2) is 5.13 Å². The van der Waals surface area contributed by atoms with Gasteiger partial charge in [0.1, 0.15) is 6.33 Å². The van der Waals surface area contributed by atoms with E-state index in [4.69, 9.17) is 5.73 Å². The Morgan fingerprint density at radius 1 is 1.42 bits per heavy atom. The molecule has 0 aromatic carbocycles. The number of nitrogen functional groups attached to an aromatic ring is 1. The highest BCUT2D eigenvalue weighted by Crippen LogP contribution is 2.27. The van der Waals surface area contributed by atoms with Crippen molar-refractivity contribution in [1.82, 2.24) is 19.9 Å². The third-order valence-electron chi connectivity index (χ3n) is 3.48. The average Bonchev–Trinajstić information content (AvgIpc) is 2.85. The van der Waals surface area contributed by atoms with Crippen molar-refractivity contribution in [1.29, 1.82) is 0 Å². The van der Waals surface area contributed by atoms with Crippen molar-refractivity contribution in [2.75, 3.05) is 18.8 Å². The molecular formula is C13H17N5S. The molecule has 1 aliphatic heterocycles. The third-order valence-corrected chi connectivity index (χ3v) is 4.29. The van der Waals surface area contributed by atoms with Crippen LogP contribution >= 0.6 is 11.3 Å². The summed E-state index contributed by atoms with van der Waals surface area (Å²) < 4.78 is 0. The molecule has 0 bridgehead atoms. The summed E-state index contributed by atoms with van der Waals surface area (Å²) >= 11 is 1.58. The fourth-order valence-corrected chi connectivity index (χ4v) is 3.33. The first-order valence-corrected chi connectivity index (χ1v) is 7.31. The van der Waals surface area contributed by atoms with E-state index in [-0.39, 0.29) is 0 Å². The first-order valence-electron chi connectivity index (χ1n) is 6.50. The molecule has 100 valence electrons. The lowest BCUT2D eigenvalue weighted by molar-refractivity contribution is 0.200. The van der Waals surface area contributed by atoms with E-state index in [0.717, 1.165) is 25.3 Å². The minimum atomic E-state index is 0.516. The lowest BCUT2D eigenvalue weighted by Crippen LogP contribution is -2.33. The van der Waals surface area contributed by atoms with Crippen molar-refractivity contribution in [3.8, 4) is 0 Å². The van der Waals surface area contributed by atoms with E-state index in [2.05, 4.69) is 19.9 Å². The van der Waals surface area contributed by atoms with Crippen molar-refractivity contribution in [2.45, 2.75) is 25.3 Å². The third kappa shape index (κ3) is 3.08. The number of hydrogen-bond acceptors (Lipinski definition) is 6. The molecule has 3 heterocycles. The Morgan fingerprint density at radius 3 is 3.11 bits per heavy atom. The van der Waals surface area contributed by atoms with Crippen LogP contribution in [0.1, 0.15) is 29.3 Å². The summed E-state index contributed by atoms with van der Waals surface area (Å²) in [5.41, 5.74) is 6.83. The molecule has 2 aromatic heterocycles. The molecular weight excluding hydrogens is 258 g/mol. The van der Waals surface area contributed by atoms with Crippen LogP contribution < -0.4 is 5.73 Å². The normalized spacial score (nSPS) is 20.5. The van der Waals surface area contributed by atoms with Crippen molar-refractivity contribution >= 4 is 16.5 Å². The topological polar surface area (TPSA) is 67.9 Å². The van der Waals surface area contributed by atoms with E-state index in [1.54, 1.807) is 17.7 Å². The standard InChI is InChI=1S/C13H17N5S/c14-13-16-6-11(19-13)8-18-5-1-2-10(7-18)12-3-4-15-9-17-12/h3-4,6,9-10H,1-2,5,7-8H2,(H2,14,16)/t10-/m1/s1. The van der Waals surface area contributed by atoms with Crippen molar-refractivity contribution in [3.63, 3.8) is 0 Å². The lowest BCUT2D eigenvalue weighted by atomic mass is 9.94. The van der Waals surface area contributed by atoms with Crippen molar-refractivity contribution < 1.29 is 0 Å². The fourth-order valence-electron chi connectivity index (χ4n) is 2.60. The van der Waals surface area contributed by atoms with Gasteiger partial charge in [0.2, 0.25) is 0 Å². The van der Waals surface area contributed by atoms with Crippen molar-refractivity contribution in [2.24, 2.45) is 0 Å². The van der Waals surface area contributed by atoms with Crippen LogP contribution in [0.15, 0.2) is 24.8 Å². The zero-order chi connectivity index (χ0) is 13.1. The van der Waals surface area contributed by atoms with Gasteiger partial charge in [0.25, 0.3) is 0 Å². The van der Waals surface area contributed by atoms with E-state index in [0.29, 0.717) is 11.0 Å². The number of anilines is 1. The molecule has 1 fully saturated rings. The number of rotatable bonds is 3. The van der Waals surface area contributed by atoms with E-state index in [1.165, 1.54) is 17.7 Å². The summed E-state index contributed by atoms with van der Waals surface area (Å²) in [7, 11) is 0. The molecule has 1 saturated heterocycles. The van der Waals surface area contributed by atoms with Gasteiger partial charge in [0.05, 0.1) is 0 Å². The van der Waals surface area contributed by atoms with Gasteiger partial charge >= 0.3 is 0 Å². The molecule has 0 aliphatic carbocycles. The summed E-state index contributed by atoms with van der Waals surface area (Å²) in [6.45, 7) is 3.13. The van der Waals surface area contributed by atoms with Crippen LogP contribution in [-0.2, 0) is 6.54 Å². The maximum Gasteiger partial charge on any atom is 0.180 e. The van der Waals surface area contributed by atoms with Gasteiger partial charge in [0, 0.05) is 42.0 Å². The summed E-state index contributed by atoms with van der Waals surface area (Å²) in [5.74, 6) is 0.516. The largest absolute Gasteiger partial charge is 0.375 e. The number of likely N-dealkylation sites (tertiary alicyclic amines) is 1. The van der Waals surface area contributed by atoms with E-state index >= 15 is 0 Å². The highest BCUT2D eigenvalue weighted by molar-refractivity contribution is 7.15. The predicted octanol–water partition coefficient (Wildman–Crippen LogP) is 1.89. The molecule has 19 heavy (non-hydrogen) atoms. The first-order chi connectivity index (χ1) is 9.31. The minimum Gasteiger partial charge on any atom is -0.375 e. The molecule has 0 spiro atoms. The summed E-state index contributed by atoms with van der Waals surface area (Å²) in [5, 5.41) is 0.652. The smallest absolute Gasteiger partial charge is 0.180 e. The Bertz CT molecular complexity index is 527. The Balaban J connectivity index is 1.65. The van der Waals surface area contributed by atoms with E-state index in [1.807, 2.05) is 18.5 Å². The Kier molecular flexibility index (Phi) is 3.70. The molecule has 0 unspecified atom stereocenters. The second-order valence-electron chi connectivity index (χ2n) is 4.87. The van der Waals surface area contributed by atoms with Crippen LogP contribution in [0, 0.1) is 0 Å². The van der Waals surface area contributed by atoms with Crippen LogP contribution in [0.3, 0.4) is 0 Å². The molecule has 0 radical (unpaired) electrons. The number of hydrogen-bond donors (Lipinski definition) is 1. The molecule has 2 aromatic rings. The number of nitrogens with zero attached hydrogens (tertiary/aromatic N) is 4. The minimum absolute atomic E-state index is 0.516. The van der Waals surface area contributed by atoms with Gasteiger partial charge in [-0.1, -0.05) is 0 Å². The number of piperidine rings is 1. The molecule has 0 amide bonds. The second-order valence-corrected chi connectivity index (χ2v) is 6.02. The molecule has 1 atom stereocenters. The van der Waals surface area contributed by atoms with Crippen LogP contribution in [0.4, 0.5) is 5.13 Å². The number of nitrogens with two attached hydrogens (primary N) is 1. The summed E-state index contributed by atoms with van der Waals surface area (Å²) in [4.78, 5) is 16.2. The summed E-state index contributed by atoms with van der Waals surface area (Å²) in [6, 6.07) is 2.03. The molecule has 0 saturated carbocycles. The fraction of sp³-hybridized carbons (Fsp3) is 0.462. The Labute approximate surface area is 116 Å². The maximum absolute atomic E-state index is 5.67. The average molecular weight is 275 g/mol. The highest BCUT2D eigenvalue weighted by Gasteiger charge is 2.22. The predicted molar refractivity (Wildman–Crippen MR) is 75.8 cm³/mol. The zero-order valence-corrected chi connectivity index (χ0v) is 11.5. The molecule has 2 N–H and O–H groups in total. The zero-order valence-electron chi connectivity index (χ0n) is 10.7. The van der Waals surface area contributed by atoms with Crippen LogP contribution in [-0.4, -0.2) is 32.9 Å². The first kappa shape index (κ1) is 12.5. The van der Waals surface area contributed by atoms with Gasteiger partial charge in [-0.05, 0) is 25.5 Å². The van der Waals surface area contributed by atoms with Gasteiger partial charge in [-0.15, -0.1) is 11.3 Å². The SMILES string of the molecule is Nc1ncc(CN2CCC[C@@H](c3ccncn3)C2)s1. The van der Waals surface area contributed by atoms with Gasteiger partial charge < -0.3 is 5.73 Å². The molecule has 6 heteroatoms. The second kappa shape index (κ2) is 5.63. The van der Waals surface area contributed by atoms with E-state index in [9.17, 15) is 0 Å². The van der Waals surface area contributed by atoms with Crippen molar-refractivity contribution in [3.05, 3.63) is 35.4 Å². The van der Waals surface area contributed by atoms with Gasteiger partial charge in [-0.2, -0.15) is 0 Å². The maximum atomic E-state index is 5.67. The quantitative estimate of drug-likeness (QED) is 0.926. The molecule has 5 nitrogen and oxygen atoms in total. The molecule has 3 rings (SSSR count). The Morgan fingerprint density at radius 2 is 2.37 bits per heavy atom. The lowest BCUT2D eigenvalue weighted by Gasteiger charge is -2.31. The highest BCUT2D eigenvalue weighted by atomic mass is 32.1. The number of thiazole rings is 1. The van der Waals surface area contributed by atoms with Gasteiger partial charge in [-0.25, -0.2) is 15.0 Å². The van der Waals surface area contributed by atoms with Crippen LogP contribution in [0.5, 0.6) is 0 Å². The molecule has 1 aliphatic rings. The Hall–Kier alpha value is -1.53. The van der Waals surface area contributed by atoms with Crippen LogP contribution in [0.2, 0.25) is 0 Å². The van der Waals surface area contributed by atoms with Crippen LogP contribution in [0.25, 0.3) is 0 Å². The monoisotopic (exact) mass is 275 g/mol. The number of aromatic nitrogens is 3. The van der Waals surface area contributed by atoms with E-state index < -0.39 is 0 Å². The summed E-state index contributed by atoms with van der Waals surface area (Å²) in [6.07, 6.45) is 7.76. The van der Waals surface area contributed by atoms with Gasteiger partial charge in [-0.3, -0.25) is 4.90 Å².